The zero-order valence-electron chi connectivity index (χ0n) is 16.4. The highest BCUT2D eigenvalue weighted by molar-refractivity contribution is 14.1. The van der Waals surface area contributed by atoms with Crippen molar-refractivity contribution in [3.05, 3.63) is 0 Å². The molecule has 14 heteroatoms. The molecular weight excluding hydrogens is 531 g/mol. The van der Waals surface area contributed by atoms with Gasteiger partial charge < -0.3 is 24.8 Å². The zero-order valence-corrected chi connectivity index (χ0v) is 20.3. The van der Waals surface area contributed by atoms with E-state index in [1.165, 1.54) is 36.9 Å². The molecule has 6 atom stereocenters. The van der Waals surface area contributed by atoms with Gasteiger partial charge >= 0.3 is 15.9 Å². The fourth-order valence-electron chi connectivity index (χ4n) is 2.40. The second-order valence-corrected chi connectivity index (χ2v) is 10.1. The summed E-state index contributed by atoms with van der Waals surface area (Å²) in [7, 11) is -7.17. The Bertz CT molecular complexity index is 560. The van der Waals surface area contributed by atoms with Crippen LogP contribution in [0.15, 0.2) is 0 Å². The van der Waals surface area contributed by atoms with Crippen molar-refractivity contribution >= 4 is 44.8 Å². The third-order valence-corrected chi connectivity index (χ3v) is 8.01. The predicted molar refractivity (Wildman–Crippen MR) is 109 cm³/mol. The number of hydrogen-bond donors (Lipinski definition) is 4. The molecule has 1 amide bonds. The summed E-state index contributed by atoms with van der Waals surface area (Å²) in [6.45, 7) is 7.01. The zero-order chi connectivity index (χ0) is 22.1. The molecule has 0 aromatic carbocycles. The van der Waals surface area contributed by atoms with Crippen LogP contribution >= 0.6 is 38.9 Å². The summed E-state index contributed by atoms with van der Waals surface area (Å²) in [6, 6.07) is -0.798. The van der Waals surface area contributed by atoms with Crippen LogP contribution in [-0.2, 0) is 30.8 Å². The lowest BCUT2D eigenvalue weighted by Gasteiger charge is -2.39. The summed E-state index contributed by atoms with van der Waals surface area (Å²) in [5, 5.41) is 10.8. The molecule has 0 aromatic rings. The highest BCUT2D eigenvalue weighted by Crippen LogP contribution is 2.61. The number of nitrogens with one attached hydrogen (secondary N) is 1. The molecule has 0 bridgehead atoms. The van der Waals surface area contributed by atoms with E-state index in [1.54, 1.807) is 20.8 Å². The van der Waals surface area contributed by atoms with Gasteiger partial charge in [-0.25, -0.2) is 2.85 Å². The Hall–Kier alpha value is 0.250. The van der Waals surface area contributed by atoms with Gasteiger partial charge in [0.15, 0.2) is 11.6 Å². The molecule has 28 heavy (non-hydrogen) atoms. The smallest absolute Gasteiger partial charge is 0.391 e. The van der Waals surface area contributed by atoms with Gasteiger partial charge in [-0.1, -0.05) is 13.8 Å². The van der Waals surface area contributed by atoms with Gasteiger partial charge in [0.25, 0.3) is 0 Å². The first-order valence-corrected chi connectivity index (χ1v) is 12.1. The van der Waals surface area contributed by atoms with Crippen molar-refractivity contribution in [1.29, 1.82) is 0 Å². The van der Waals surface area contributed by atoms with Crippen molar-refractivity contribution in [1.82, 2.24) is 5.32 Å². The van der Waals surface area contributed by atoms with Crippen molar-refractivity contribution in [3.8, 4) is 0 Å². The fourth-order valence-corrected chi connectivity index (χ4v) is 4.91. The Labute approximate surface area is 179 Å². The molecule has 0 radical (unpaired) electrons. The molecule has 0 aliphatic rings. The largest absolute Gasteiger partial charge is 0.694 e. The number of amides is 1. The van der Waals surface area contributed by atoms with Crippen molar-refractivity contribution in [2.75, 3.05) is 6.61 Å². The molecule has 0 aliphatic heterocycles. The molecule has 0 saturated heterocycles. The normalized spacial score (nSPS) is 19.2. The number of rotatable bonds is 14. The SMILES string of the molecule is CCC(CC)(OC(OC(CO[P+](=O)O)[C@H](C)O)[C@@H](C)NC(C)=O)P(=O)(O)OI. The molecule has 0 aliphatic carbocycles. The Balaban J connectivity index is 5.80. The van der Waals surface area contributed by atoms with Gasteiger partial charge in [-0.05, 0) is 26.7 Å². The number of aliphatic hydroxyl groups is 1. The number of carbonyl (C=O) groups excluding carboxylic acids is 1. The maximum atomic E-state index is 12.6. The van der Waals surface area contributed by atoms with Crippen molar-refractivity contribution in [3.63, 3.8) is 0 Å². The Morgan fingerprint density at radius 2 is 1.86 bits per heavy atom. The molecule has 4 N–H and O–H groups in total. The summed E-state index contributed by atoms with van der Waals surface area (Å²) in [5.74, 6) is -0.399. The van der Waals surface area contributed by atoms with Crippen LogP contribution in [0.25, 0.3) is 0 Å². The minimum absolute atomic E-state index is 0.0886. The van der Waals surface area contributed by atoms with Crippen molar-refractivity contribution in [2.24, 2.45) is 0 Å². The third kappa shape index (κ3) is 8.55. The molecule has 0 aromatic heterocycles. The monoisotopic (exact) mass is 560 g/mol. The molecule has 0 saturated carbocycles. The second kappa shape index (κ2) is 12.8. The highest BCUT2D eigenvalue weighted by atomic mass is 127. The highest BCUT2D eigenvalue weighted by Gasteiger charge is 2.50. The second-order valence-electron chi connectivity index (χ2n) is 6.17. The molecule has 166 valence electrons. The van der Waals surface area contributed by atoms with Gasteiger partial charge in [-0.3, -0.25) is 9.36 Å². The van der Waals surface area contributed by atoms with E-state index >= 15 is 0 Å². The van der Waals surface area contributed by atoms with Crippen molar-refractivity contribution in [2.45, 2.75) is 77.3 Å². The van der Waals surface area contributed by atoms with E-state index in [4.69, 9.17) is 17.2 Å². The summed E-state index contributed by atoms with van der Waals surface area (Å²) in [4.78, 5) is 30.6. The Morgan fingerprint density at radius 1 is 1.32 bits per heavy atom. The maximum Gasteiger partial charge on any atom is 0.694 e. The minimum Gasteiger partial charge on any atom is -0.391 e. The van der Waals surface area contributed by atoms with Gasteiger partial charge in [0, 0.05) is 11.5 Å². The number of halogens is 1. The molecule has 0 heterocycles. The lowest BCUT2D eigenvalue weighted by atomic mass is 10.2. The lowest BCUT2D eigenvalue weighted by molar-refractivity contribution is -0.238. The van der Waals surface area contributed by atoms with E-state index in [0.717, 1.165) is 0 Å². The number of hydrogen-bond acceptors (Lipinski definition) is 8. The Morgan fingerprint density at radius 3 is 2.21 bits per heavy atom. The third-order valence-electron chi connectivity index (χ3n) is 4.08. The molecular formula is C14H29INO10P2+. The Kier molecular flexibility index (Phi) is 12.9. The van der Waals surface area contributed by atoms with Crippen LogP contribution in [0.5, 0.6) is 0 Å². The van der Waals surface area contributed by atoms with Crippen LogP contribution in [0.2, 0.25) is 0 Å². The average molecular weight is 560 g/mol. The number of aliphatic hydroxyl groups excluding tert-OH is 1. The van der Waals surface area contributed by atoms with E-state index in [2.05, 4.69) is 9.84 Å². The van der Waals surface area contributed by atoms with Crippen LogP contribution in [-0.4, -0.2) is 57.3 Å². The summed E-state index contributed by atoms with van der Waals surface area (Å²) >= 11 is 1.32. The summed E-state index contributed by atoms with van der Waals surface area (Å²) in [6.07, 6.45) is -3.37. The fraction of sp³-hybridized carbons (Fsp3) is 0.929. The standard InChI is InChI=1S/C14H28INO10P2/c1-6-14(7-2,28(21,22)26-15)25-13(9(3)16-11(5)18)24-12(10(4)17)8-23-27(19)20/h9-10,12-13,17H,6-8H2,1-5H3,(H2-,16,18,19,20,21,22)/p+1/t9-,10+,12?,13?/m1/s1. The van der Waals surface area contributed by atoms with Crippen LogP contribution in [0.3, 0.4) is 0 Å². The van der Waals surface area contributed by atoms with Gasteiger partial charge in [0.05, 0.1) is 12.1 Å². The van der Waals surface area contributed by atoms with Gasteiger partial charge in [0.2, 0.25) is 5.91 Å². The van der Waals surface area contributed by atoms with Gasteiger partial charge in [0.1, 0.15) is 35.7 Å². The van der Waals surface area contributed by atoms with E-state index < -0.39 is 58.2 Å². The molecule has 4 unspecified atom stereocenters. The van der Waals surface area contributed by atoms with Crippen LogP contribution in [0.1, 0.15) is 47.5 Å². The van der Waals surface area contributed by atoms with E-state index in [0.29, 0.717) is 0 Å². The maximum absolute atomic E-state index is 12.6. The molecule has 0 spiro atoms. The number of ether oxygens (including phenoxy) is 2. The molecule has 11 nitrogen and oxygen atoms in total. The first-order chi connectivity index (χ1) is 12.9. The first-order valence-electron chi connectivity index (χ1n) is 8.56. The topological polar surface area (TPSA) is 161 Å². The number of carbonyl (C=O) groups is 1. The molecule has 0 fully saturated rings. The summed E-state index contributed by atoms with van der Waals surface area (Å²) in [5.41, 5.74) is 0. The van der Waals surface area contributed by atoms with Gasteiger partial charge in [-0.2, -0.15) is 0 Å². The predicted octanol–water partition coefficient (Wildman–Crippen LogP) is 2.35. The van der Waals surface area contributed by atoms with Crippen LogP contribution < -0.4 is 5.32 Å². The van der Waals surface area contributed by atoms with Crippen molar-refractivity contribution < 1.29 is 45.7 Å². The quantitative estimate of drug-likeness (QED) is 0.141. The van der Waals surface area contributed by atoms with E-state index in [9.17, 15) is 23.9 Å². The van der Waals surface area contributed by atoms with E-state index in [1.807, 2.05) is 0 Å². The van der Waals surface area contributed by atoms with Crippen LogP contribution in [0, 0.1) is 0 Å². The molecule has 0 rings (SSSR count). The van der Waals surface area contributed by atoms with E-state index in [-0.39, 0.29) is 12.8 Å². The van der Waals surface area contributed by atoms with Crippen LogP contribution in [0.4, 0.5) is 0 Å². The average Bonchev–Trinajstić information content (AvgIpc) is 2.60. The summed E-state index contributed by atoms with van der Waals surface area (Å²) < 4.78 is 44.3. The van der Waals surface area contributed by atoms with Gasteiger partial charge in [-0.15, -0.1) is 9.42 Å². The minimum atomic E-state index is -4.25. The lowest BCUT2D eigenvalue weighted by Crippen LogP contribution is -2.50. The first kappa shape index (κ1) is 28.2.